The standard InChI is InChI=1S/C11H18N4O/c1-2-15(9-3-6-12-7-4-9)11(16)10-5-8-13-14-10/h5,8-9,12H,2-4,6-7H2,1H3,(H,13,14). The van der Waals surface area contributed by atoms with Crippen LogP contribution in [0.1, 0.15) is 30.3 Å². The summed E-state index contributed by atoms with van der Waals surface area (Å²) in [5.74, 6) is 0.0619. The molecule has 0 radical (unpaired) electrons. The van der Waals surface area contributed by atoms with Crippen molar-refractivity contribution < 1.29 is 4.79 Å². The number of carbonyl (C=O) groups is 1. The van der Waals surface area contributed by atoms with Crippen LogP contribution in [0.15, 0.2) is 12.3 Å². The number of hydrogen-bond acceptors (Lipinski definition) is 3. The third-order valence-electron chi connectivity index (χ3n) is 3.08. The minimum Gasteiger partial charge on any atom is -0.335 e. The van der Waals surface area contributed by atoms with E-state index in [1.807, 2.05) is 11.8 Å². The molecule has 5 nitrogen and oxygen atoms in total. The smallest absolute Gasteiger partial charge is 0.272 e. The topological polar surface area (TPSA) is 61.0 Å². The summed E-state index contributed by atoms with van der Waals surface area (Å²) in [7, 11) is 0. The summed E-state index contributed by atoms with van der Waals surface area (Å²) in [5.41, 5.74) is 0.584. The third kappa shape index (κ3) is 2.24. The molecular formula is C11H18N4O. The zero-order valence-corrected chi connectivity index (χ0v) is 9.57. The van der Waals surface area contributed by atoms with Crippen LogP contribution in [0.5, 0.6) is 0 Å². The number of amides is 1. The maximum Gasteiger partial charge on any atom is 0.272 e. The summed E-state index contributed by atoms with van der Waals surface area (Å²) in [5, 5.41) is 9.86. The van der Waals surface area contributed by atoms with Gasteiger partial charge in [-0.05, 0) is 38.9 Å². The average Bonchev–Trinajstić information content (AvgIpc) is 2.85. The number of rotatable bonds is 3. The van der Waals surface area contributed by atoms with Gasteiger partial charge in [-0.3, -0.25) is 9.89 Å². The molecule has 0 spiro atoms. The highest BCUT2D eigenvalue weighted by molar-refractivity contribution is 5.92. The number of hydrogen-bond donors (Lipinski definition) is 2. The second kappa shape index (κ2) is 5.12. The fourth-order valence-electron chi connectivity index (χ4n) is 2.22. The molecule has 1 amide bonds. The third-order valence-corrected chi connectivity index (χ3v) is 3.08. The van der Waals surface area contributed by atoms with Crippen molar-refractivity contribution in [2.75, 3.05) is 19.6 Å². The Hall–Kier alpha value is -1.36. The summed E-state index contributed by atoms with van der Waals surface area (Å²) in [4.78, 5) is 14.1. The van der Waals surface area contributed by atoms with Gasteiger partial charge in [-0.25, -0.2) is 0 Å². The number of aromatic nitrogens is 2. The molecule has 1 fully saturated rings. The molecule has 88 valence electrons. The largest absolute Gasteiger partial charge is 0.335 e. The second-order valence-corrected chi connectivity index (χ2v) is 4.04. The number of piperidine rings is 1. The van der Waals surface area contributed by atoms with Crippen molar-refractivity contribution in [2.24, 2.45) is 0 Å². The minimum atomic E-state index is 0.0619. The number of nitrogens with zero attached hydrogens (tertiary/aromatic N) is 2. The highest BCUT2D eigenvalue weighted by Crippen LogP contribution is 2.14. The Bertz CT molecular complexity index is 330. The summed E-state index contributed by atoms with van der Waals surface area (Å²) < 4.78 is 0. The quantitative estimate of drug-likeness (QED) is 0.788. The molecule has 2 N–H and O–H groups in total. The van der Waals surface area contributed by atoms with E-state index < -0.39 is 0 Å². The van der Waals surface area contributed by atoms with Gasteiger partial charge in [0.2, 0.25) is 0 Å². The van der Waals surface area contributed by atoms with Crippen LogP contribution in [0.25, 0.3) is 0 Å². The molecule has 1 aliphatic rings. The number of nitrogens with one attached hydrogen (secondary N) is 2. The lowest BCUT2D eigenvalue weighted by molar-refractivity contribution is 0.0650. The first-order valence-electron chi connectivity index (χ1n) is 5.84. The minimum absolute atomic E-state index is 0.0619. The molecule has 0 unspecified atom stereocenters. The Morgan fingerprint density at radius 3 is 2.88 bits per heavy atom. The number of aromatic amines is 1. The van der Waals surface area contributed by atoms with Crippen LogP contribution in [0.2, 0.25) is 0 Å². The second-order valence-electron chi connectivity index (χ2n) is 4.04. The monoisotopic (exact) mass is 222 g/mol. The molecule has 2 heterocycles. The molecule has 0 bridgehead atoms. The zero-order chi connectivity index (χ0) is 11.4. The predicted octanol–water partition coefficient (Wildman–Crippen LogP) is 0.624. The van der Waals surface area contributed by atoms with E-state index in [4.69, 9.17) is 0 Å². The highest BCUT2D eigenvalue weighted by atomic mass is 16.2. The van der Waals surface area contributed by atoms with Gasteiger partial charge >= 0.3 is 0 Å². The van der Waals surface area contributed by atoms with Crippen molar-refractivity contribution in [1.29, 1.82) is 0 Å². The molecule has 1 aromatic rings. The van der Waals surface area contributed by atoms with E-state index >= 15 is 0 Å². The maximum atomic E-state index is 12.2. The lowest BCUT2D eigenvalue weighted by atomic mass is 10.0. The maximum absolute atomic E-state index is 12.2. The van der Waals surface area contributed by atoms with Gasteiger partial charge in [-0.1, -0.05) is 0 Å². The Kier molecular flexibility index (Phi) is 3.56. The fraction of sp³-hybridized carbons (Fsp3) is 0.636. The number of H-pyrrole nitrogens is 1. The Balaban J connectivity index is 2.06. The van der Waals surface area contributed by atoms with Crippen LogP contribution in [0.4, 0.5) is 0 Å². The molecule has 1 aromatic heterocycles. The van der Waals surface area contributed by atoms with E-state index in [9.17, 15) is 4.79 Å². The van der Waals surface area contributed by atoms with E-state index in [1.165, 1.54) is 0 Å². The van der Waals surface area contributed by atoms with Gasteiger partial charge in [0.15, 0.2) is 0 Å². The van der Waals surface area contributed by atoms with Gasteiger partial charge in [-0.2, -0.15) is 5.10 Å². The summed E-state index contributed by atoms with van der Waals surface area (Å²) in [6.45, 7) is 4.77. The molecule has 16 heavy (non-hydrogen) atoms. The molecule has 0 saturated carbocycles. The first-order valence-corrected chi connectivity index (χ1v) is 5.84. The SMILES string of the molecule is CCN(C(=O)c1ccn[nH]1)C1CCNCC1. The van der Waals surface area contributed by atoms with E-state index in [1.54, 1.807) is 12.3 Å². The molecule has 1 saturated heterocycles. The number of carbonyl (C=O) groups excluding carboxylic acids is 1. The first kappa shape index (κ1) is 11.1. The van der Waals surface area contributed by atoms with Gasteiger partial charge in [0.1, 0.15) is 5.69 Å². The Labute approximate surface area is 95.2 Å². The van der Waals surface area contributed by atoms with Crippen molar-refractivity contribution in [2.45, 2.75) is 25.8 Å². The molecule has 2 rings (SSSR count). The van der Waals surface area contributed by atoms with Crippen LogP contribution in [0, 0.1) is 0 Å². The first-order chi connectivity index (χ1) is 7.83. The van der Waals surface area contributed by atoms with Gasteiger partial charge in [0.25, 0.3) is 5.91 Å². The zero-order valence-electron chi connectivity index (χ0n) is 9.57. The van der Waals surface area contributed by atoms with E-state index in [2.05, 4.69) is 15.5 Å². The van der Waals surface area contributed by atoms with Crippen molar-refractivity contribution in [3.8, 4) is 0 Å². The molecule has 0 atom stereocenters. The molecular weight excluding hydrogens is 204 g/mol. The van der Waals surface area contributed by atoms with E-state index in [-0.39, 0.29) is 5.91 Å². The van der Waals surface area contributed by atoms with Crippen LogP contribution in [0.3, 0.4) is 0 Å². The molecule has 0 aliphatic carbocycles. The average molecular weight is 222 g/mol. The van der Waals surface area contributed by atoms with Crippen LogP contribution in [-0.2, 0) is 0 Å². The van der Waals surface area contributed by atoms with Crippen LogP contribution in [-0.4, -0.2) is 46.7 Å². The fourth-order valence-corrected chi connectivity index (χ4v) is 2.22. The normalized spacial score (nSPS) is 17.3. The Morgan fingerprint density at radius 1 is 1.56 bits per heavy atom. The van der Waals surface area contributed by atoms with Crippen LogP contribution < -0.4 is 5.32 Å². The summed E-state index contributed by atoms with van der Waals surface area (Å²) >= 11 is 0. The van der Waals surface area contributed by atoms with E-state index in [0.717, 1.165) is 32.5 Å². The summed E-state index contributed by atoms with van der Waals surface area (Å²) in [6, 6.07) is 2.09. The van der Waals surface area contributed by atoms with E-state index in [0.29, 0.717) is 11.7 Å². The van der Waals surface area contributed by atoms with Crippen molar-refractivity contribution in [3.63, 3.8) is 0 Å². The van der Waals surface area contributed by atoms with Crippen molar-refractivity contribution in [1.82, 2.24) is 20.4 Å². The van der Waals surface area contributed by atoms with Gasteiger partial charge in [0, 0.05) is 18.8 Å². The van der Waals surface area contributed by atoms with Crippen molar-refractivity contribution >= 4 is 5.91 Å². The highest BCUT2D eigenvalue weighted by Gasteiger charge is 2.25. The predicted molar refractivity (Wildman–Crippen MR) is 61.2 cm³/mol. The lowest BCUT2D eigenvalue weighted by Gasteiger charge is -2.33. The van der Waals surface area contributed by atoms with Crippen LogP contribution >= 0.6 is 0 Å². The molecule has 5 heteroatoms. The van der Waals surface area contributed by atoms with Gasteiger partial charge < -0.3 is 10.2 Å². The molecule has 1 aliphatic heterocycles. The lowest BCUT2D eigenvalue weighted by Crippen LogP contribution is -2.46. The van der Waals surface area contributed by atoms with Gasteiger partial charge in [0.05, 0.1) is 0 Å². The summed E-state index contributed by atoms with van der Waals surface area (Å²) in [6.07, 6.45) is 3.69. The Morgan fingerprint density at radius 2 is 2.31 bits per heavy atom. The molecule has 0 aromatic carbocycles. The van der Waals surface area contributed by atoms with Crippen molar-refractivity contribution in [3.05, 3.63) is 18.0 Å². The van der Waals surface area contributed by atoms with Gasteiger partial charge in [-0.15, -0.1) is 0 Å².